The Balaban J connectivity index is 1.75. The minimum Gasteiger partial charge on any atom is -0.508 e. The van der Waals surface area contributed by atoms with E-state index in [-0.39, 0.29) is 17.7 Å². The zero-order valence-corrected chi connectivity index (χ0v) is 15.0. The van der Waals surface area contributed by atoms with Crippen LogP contribution in [0.15, 0.2) is 72.1 Å². The molecule has 1 aliphatic rings. The van der Waals surface area contributed by atoms with Gasteiger partial charge >= 0.3 is 0 Å². The van der Waals surface area contributed by atoms with Crippen LogP contribution in [0.25, 0.3) is 5.70 Å². The van der Waals surface area contributed by atoms with Crippen LogP contribution >= 0.6 is 11.3 Å². The zero-order chi connectivity index (χ0) is 18.1. The number of thiophene rings is 1. The van der Waals surface area contributed by atoms with Gasteiger partial charge in [0.1, 0.15) is 11.8 Å². The quantitative estimate of drug-likeness (QED) is 0.721. The summed E-state index contributed by atoms with van der Waals surface area (Å²) in [6, 6.07) is 18.5. The van der Waals surface area contributed by atoms with E-state index in [9.17, 15) is 9.90 Å². The third kappa shape index (κ3) is 2.97. The molecular formula is C21H18N2O2S. The number of hydrogen-bond donors (Lipinski definition) is 2. The standard InChI is InChI=1S/C21H18N2O2S/c1-14-8-10-15(11-9-14)17-13-18(16-5-2-3-6-19(16)24)23(22-17)21(25)20-7-4-12-26-20/h2-13,18,22,24H,1H3/t18-/m1/s1. The maximum absolute atomic E-state index is 13.0. The van der Waals surface area contributed by atoms with Gasteiger partial charge in [-0.15, -0.1) is 11.3 Å². The normalized spacial score (nSPS) is 16.3. The average molecular weight is 362 g/mol. The molecule has 1 atom stereocenters. The molecule has 2 aromatic carbocycles. The Labute approximate surface area is 156 Å². The number of carbonyl (C=O) groups excluding carboxylic acids is 1. The van der Waals surface area contributed by atoms with Crippen molar-refractivity contribution < 1.29 is 9.90 Å². The number of aromatic hydroxyl groups is 1. The Hall–Kier alpha value is -3.05. The first-order chi connectivity index (χ1) is 12.6. The van der Waals surface area contributed by atoms with Crippen molar-refractivity contribution in [2.24, 2.45) is 0 Å². The summed E-state index contributed by atoms with van der Waals surface area (Å²) in [5.74, 6) is 0.0521. The smallest absolute Gasteiger partial charge is 0.283 e. The maximum atomic E-state index is 13.0. The lowest BCUT2D eigenvalue weighted by Crippen LogP contribution is -2.39. The van der Waals surface area contributed by atoms with Crippen LogP contribution in [-0.4, -0.2) is 16.0 Å². The molecule has 0 fully saturated rings. The van der Waals surface area contributed by atoms with Crippen LogP contribution in [-0.2, 0) is 0 Å². The predicted molar refractivity (Wildman–Crippen MR) is 104 cm³/mol. The number of hydrazine groups is 1. The van der Waals surface area contributed by atoms with Crippen molar-refractivity contribution in [3.63, 3.8) is 0 Å². The second kappa shape index (κ2) is 6.69. The first kappa shape index (κ1) is 16.4. The van der Waals surface area contributed by atoms with E-state index in [1.54, 1.807) is 23.2 Å². The van der Waals surface area contributed by atoms with E-state index in [2.05, 4.69) is 5.43 Å². The van der Waals surface area contributed by atoms with Gasteiger partial charge in [-0.2, -0.15) is 0 Å². The van der Waals surface area contributed by atoms with E-state index >= 15 is 0 Å². The topological polar surface area (TPSA) is 52.6 Å². The lowest BCUT2D eigenvalue weighted by Gasteiger charge is -2.25. The van der Waals surface area contributed by atoms with Crippen LogP contribution in [0.2, 0.25) is 0 Å². The lowest BCUT2D eigenvalue weighted by atomic mass is 10.0. The number of amides is 1. The third-order valence-corrected chi connectivity index (χ3v) is 5.27. The highest BCUT2D eigenvalue weighted by atomic mass is 32.1. The summed E-state index contributed by atoms with van der Waals surface area (Å²) in [5, 5.41) is 13.8. The summed E-state index contributed by atoms with van der Waals surface area (Å²) in [7, 11) is 0. The second-order valence-electron chi connectivity index (χ2n) is 6.21. The Bertz CT molecular complexity index is 962. The highest BCUT2D eigenvalue weighted by Crippen LogP contribution is 2.36. The molecule has 2 N–H and O–H groups in total. The predicted octanol–water partition coefficient (Wildman–Crippen LogP) is 4.50. The number of nitrogens with one attached hydrogen (secondary N) is 1. The number of benzene rings is 2. The second-order valence-corrected chi connectivity index (χ2v) is 7.16. The van der Waals surface area contributed by atoms with E-state index in [0.29, 0.717) is 10.4 Å². The molecule has 5 heteroatoms. The SMILES string of the molecule is Cc1ccc(C2=C[C@H](c3ccccc3O)N(C(=O)c3cccs3)N2)cc1. The first-order valence-corrected chi connectivity index (χ1v) is 9.22. The van der Waals surface area contributed by atoms with Gasteiger partial charge in [0.2, 0.25) is 0 Å². The number of para-hydroxylation sites is 1. The monoisotopic (exact) mass is 362 g/mol. The summed E-state index contributed by atoms with van der Waals surface area (Å²) in [6.07, 6.45) is 1.98. The highest BCUT2D eigenvalue weighted by molar-refractivity contribution is 7.12. The number of rotatable bonds is 3. The fourth-order valence-corrected chi connectivity index (χ4v) is 3.69. The Morgan fingerprint density at radius 3 is 2.54 bits per heavy atom. The van der Waals surface area contributed by atoms with Crippen LogP contribution in [0.3, 0.4) is 0 Å². The van der Waals surface area contributed by atoms with Gasteiger partial charge < -0.3 is 5.11 Å². The largest absolute Gasteiger partial charge is 0.508 e. The fraction of sp³-hybridized carbons (Fsp3) is 0.0952. The number of phenolic OH excluding ortho intramolecular Hbond substituents is 1. The average Bonchev–Trinajstić information content (AvgIpc) is 3.32. The molecule has 0 saturated carbocycles. The molecule has 1 amide bonds. The van der Waals surface area contributed by atoms with Gasteiger partial charge in [-0.05, 0) is 36.1 Å². The van der Waals surface area contributed by atoms with Crippen molar-refractivity contribution in [1.29, 1.82) is 0 Å². The number of phenols is 1. The summed E-state index contributed by atoms with van der Waals surface area (Å²) in [6.45, 7) is 2.04. The molecule has 0 spiro atoms. The zero-order valence-electron chi connectivity index (χ0n) is 14.2. The summed E-state index contributed by atoms with van der Waals surface area (Å²) < 4.78 is 0. The van der Waals surface area contributed by atoms with Gasteiger partial charge in [-0.3, -0.25) is 10.2 Å². The van der Waals surface area contributed by atoms with Gasteiger partial charge in [0.25, 0.3) is 5.91 Å². The summed E-state index contributed by atoms with van der Waals surface area (Å²) >= 11 is 1.40. The van der Waals surface area contributed by atoms with Gasteiger partial charge in [0.15, 0.2) is 0 Å². The fourth-order valence-electron chi connectivity index (χ4n) is 3.03. The van der Waals surface area contributed by atoms with Crippen LogP contribution in [0.4, 0.5) is 0 Å². The van der Waals surface area contributed by atoms with Crippen molar-refractivity contribution >= 4 is 22.9 Å². The summed E-state index contributed by atoms with van der Waals surface area (Å²) in [5.41, 5.74) is 6.94. The van der Waals surface area contributed by atoms with E-state index in [4.69, 9.17) is 0 Å². The number of nitrogens with zero attached hydrogens (tertiary/aromatic N) is 1. The molecule has 4 rings (SSSR count). The maximum Gasteiger partial charge on any atom is 0.283 e. The molecule has 1 aliphatic heterocycles. The van der Waals surface area contributed by atoms with Crippen molar-refractivity contribution in [1.82, 2.24) is 10.4 Å². The molecule has 0 unspecified atom stereocenters. The van der Waals surface area contributed by atoms with Crippen molar-refractivity contribution in [2.45, 2.75) is 13.0 Å². The van der Waals surface area contributed by atoms with Crippen LogP contribution in [0.1, 0.15) is 32.4 Å². The molecule has 1 aromatic heterocycles. The van der Waals surface area contributed by atoms with Crippen molar-refractivity contribution in [2.75, 3.05) is 0 Å². The molecule has 0 aliphatic carbocycles. The molecule has 0 bridgehead atoms. The lowest BCUT2D eigenvalue weighted by molar-refractivity contribution is 0.0676. The summed E-state index contributed by atoms with van der Waals surface area (Å²) in [4.78, 5) is 13.6. The highest BCUT2D eigenvalue weighted by Gasteiger charge is 2.33. The Morgan fingerprint density at radius 1 is 1.08 bits per heavy atom. The Morgan fingerprint density at radius 2 is 1.85 bits per heavy atom. The van der Waals surface area contributed by atoms with Crippen molar-refractivity contribution in [3.8, 4) is 5.75 Å². The van der Waals surface area contributed by atoms with Gasteiger partial charge in [0, 0.05) is 5.56 Å². The molecule has 2 heterocycles. The van der Waals surface area contributed by atoms with Gasteiger partial charge in [0.05, 0.1) is 10.6 Å². The molecule has 3 aromatic rings. The van der Waals surface area contributed by atoms with E-state index < -0.39 is 0 Å². The van der Waals surface area contributed by atoms with Crippen LogP contribution in [0.5, 0.6) is 5.75 Å². The molecule has 4 nitrogen and oxygen atoms in total. The van der Waals surface area contributed by atoms with Gasteiger partial charge in [-0.25, -0.2) is 5.01 Å². The minimum absolute atomic E-state index is 0.119. The number of aryl methyl sites for hydroxylation is 1. The van der Waals surface area contributed by atoms with Crippen molar-refractivity contribution in [3.05, 3.63) is 93.7 Å². The number of hydrogen-bond acceptors (Lipinski definition) is 4. The number of carbonyl (C=O) groups is 1. The molecule has 26 heavy (non-hydrogen) atoms. The van der Waals surface area contributed by atoms with Crippen LogP contribution < -0.4 is 5.43 Å². The molecule has 130 valence electrons. The third-order valence-electron chi connectivity index (χ3n) is 4.41. The molecule has 0 saturated heterocycles. The Kier molecular flexibility index (Phi) is 4.22. The van der Waals surface area contributed by atoms with Crippen LogP contribution in [0, 0.1) is 6.92 Å². The van der Waals surface area contributed by atoms with E-state index in [0.717, 1.165) is 11.3 Å². The first-order valence-electron chi connectivity index (χ1n) is 8.34. The minimum atomic E-state index is -0.387. The van der Waals surface area contributed by atoms with E-state index in [1.807, 2.05) is 60.8 Å². The molecular weight excluding hydrogens is 344 g/mol. The molecule has 0 radical (unpaired) electrons. The van der Waals surface area contributed by atoms with Gasteiger partial charge in [-0.1, -0.05) is 54.1 Å². The van der Waals surface area contributed by atoms with E-state index in [1.165, 1.54) is 16.9 Å².